The summed E-state index contributed by atoms with van der Waals surface area (Å²) in [5.41, 5.74) is 2.34. The molecule has 2 aromatic heterocycles. The predicted molar refractivity (Wildman–Crippen MR) is 77.1 cm³/mol. The first-order valence-corrected chi connectivity index (χ1v) is 6.57. The Hall–Kier alpha value is -2.54. The van der Waals surface area contributed by atoms with Gasteiger partial charge in [0.05, 0.1) is 11.3 Å². The lowest BCUT2D eigenvalue weighted by molar-refractivity contribution is -0.384. The number of non-ortho nitro benzene ring substituents is 1. The summed E-state index contributed by atoms with van der Waals surface area (Å²) in [7, 11) is 0. The molecule has 0 saturated carbocycles. The second-order valence-electron chi connectivity index (χ2n) is 4.45. The highest BCUT2D eigenvalue weighted by molar-refractivity contribution is 6.33. The standard InChI is InChI=1S/C13H10ClN5O2/c14-12-11-13(16-7-15-12)18(8-17-11)6-5-9-1-3-10(4-2-9)19(20)21/h1-4,7-8H,5-6H2. The lowest BCUT2D eigenvalue weighted by Crippen LogP contribution is -2.01. The summed E-state index contributed by atoms with van der Waals surface area (Å²) in [4.78, 5) is 22.4. The molecule has 0 saturated heterocycles. The van der Waals surface area contributed by atoms with Gasteiger partial charge in [-0.15, -0.1) is 0 Å². The number of rotatable bonds is 4. The fourth-order valence-corrected chi connectivity index (χ4v) is 2.23. The number of aromatic nitrogens is 4. The van der Waals surface area contributed by atoms with Crippen molar-refractivity contribution in [1.29, 1.82) is 0 Å². The molecule has 2 heterocycles. The molecule has 3 rings (SSSR count). The van der Waals surface area contributed by atoms with Crippen molar-refractivity contribution in [1.82, 2.24) is 19.5 Å². The third-order valence-electron chi connectivity index (χ3n) is 3.15. The minimum absolute atomic E-state index is 0.0892. The molecule has 7 nitrogen and oxygen atoms in total. The number of halogens is 1. The maximum Gasteiger partial charge on any atom is 0.269 e. The van der Waals surface area contributed by atoms with Gasteiger partial charge in [0.1, 0.15) is 11.8 Å². The van der Waals surface area contributed by atoms with E-state index in [-0.39, 0.29) is 5.69 Å². The van der Waals surface area contributed by atoms with Crippen molar-refractivity contribution < 1.29 is 4.92 Å². The summed E-state index contributed by atoms with van der Waals surface area (Å²) in [6, 6.07) is 6.50. The van der Waals surface area contributed by atoms with E-state index >= 15 is 0 Å². The van der Waals surface area contributed by atoms with Crippen molar-refractivity contribution in [2.75, 3.05) is 0 Å². The van der Waals surface area contributed by atoms with Crippen LogP contribution in [0.1, 0.15) is 5.56 Å². The molecule has 0 bridgehead atoms. The summed E-state index contributed by atoms with van der Waals surface area (Å²) in [5, 5.41) is 10.9. The molecule has 0 aliphatic carbocycles. The maximum absolute atomic E-state index is 10.6. The highest BCUT2D eigenvalue weighted by Gasteiger charge is 2.09. The highest BCUT2D eigenvalue weighted by Crippen LogP contribution is 2.18. The van der Waals surface area contributed by atoms with Gasteiger partial charge in [0, 0.05) is 18.7 Å². The summed E-state index contributed by atoms with van der Waals surface area (Å²) in [6.07, 6.45) is 3.77. The average Bonchev–Trinajstić information content (AvgIpc) is 2.90. The molecule has 0 aliphatic heterocycles. The van der Waals surface area contributed by atoms with Gasteiger partial charge in [-0.05, 0) is 12.0 Å². The van der Waals surface area contributed by atoms with E-state index in [1.807, 2.05) is 4.57 Å². The second-order valence-corrected chi connectivity index (χ2v) is 4.81. The SMILES string of the molecule is O=[N+]([O-])c1ccc(CCn2cnc3c(Cl)ncnc32)cc1. The fraction of sp³-hybridized carbons (Fsp3) is 0.154. The molecule has 0 fully saturated rings. The van der Waals surface area contributed by atoms with Crippen molar-refractivity contribution in [2.45, 2.75) is 13.0 Å². The Kier molecular flexibility index (Phi) is 3.49. The molecule has 0 radical (unpaired) electrons. The zero-order valence-corrected chi connectivity index (χ0v) is 11.6. The summed E-state index contributed by atoms with van der Waals surface area (Å²) >= 11 is 5.94. The van der Waals surface area contributed by atoms with Gasteiger partial charge in [-0.25, -0.2) is 15.0 Å². The van der Waals surface area contributed by atoms with E-state index in [9.17, 15) is 10.1 Å². The molecule has 21 heavy (non-hydrogen) atoms. The number of aryl methyl sites for hydroxylation is 2. The van der Waals surface area contributed by atoms with Crippen molar-refractivity contribution in [3.63, 3.8) is 0 Å². The smallest absolute Gasteiger partial charge is 0.269 e. The molecule has 0 spiro atoms. The van der Waals surface area contributed by atoms with E-state index in [0.29, 0.717) is 29.3 Å². The zero-order chi connectivity index (χ0) is 14.8. The molecule has 3 aromatic rings. The Labute approximate surface area is 124 Å². The molecular formula is C13H10ClN5O2. The number of benzene rings is 1. The number of nitrogens with zero attached hydrogens (tertiary/aromatic N) is 5. The van der Waals surface area contributed by atoms with Crippen molar-refractivity contribution >= 4 is 28.5 Å². The van der Waals surface area contributed by atoms with Crippen LogP contribution >= 0.6 is 11.6 Å². The first-order chi connectivity index (χ1) is 10.1. The van der Waals surface area contributed by atoms with Crippen LogP contribution in [0.25, 0.3) is 11.2 Å². The number of hydrogen-bond donors (Lipinski definition) is 0. The molecule has 0 amide bonds. The summed E-state index contributed by atoms with van der Waals surface area (Å²) in [5.74, 6) is 0. The summed E-state index contributed by atoms with van der Waals surface area (Å²) < 4.78 is 1.88. The van der Waals surface area contributed by atoms with Crippen LogP contribution in [0, 0.1) is 10.1 Å². The van der Waals surface area contributed by atoms with Gasteiger partial charge < -0.3 is 4.57 Å². The largest absolute Gasteiger partial charge is 0.315 e. The van der Waals surface area contributed by atoms with Gasteiger partial charge in [0.15, 0.2) is 10.8 Å². The van der Waals surface area contributed by atoms with Crippen molar-refractivity contribution in [3.05, 3.63) is 57.8 Å². The van der Waals surface area contributed by atoms with Crippen LogP contribution < -0.4 is 0 Å². The Bertz CT molecular complexity index is 800. The van der Waals surface area contributed by atoms with Gasteiger partial charge in [-0.1, -0.05) is 23.7 Å². The van der Waals surface area contributed by atoms with Crippen LogP contribution in [-0.2, 0) is 13.0 Å². The van der Waals surface area contributed by atoms with E-state index < -0.39 is 4.92 Å². The minimum atomic E-state index is -0.411. The van der Waals surface area contributed by atoms with Crippen LogP contribution in [0.2, 0.25) is 5.15 Å². The van der Waals surface area contributed by atoms with Crippen LogP contribution in [0.4, 0.5) is 5.69 Å². The van der Waals surface area contributed by atoms with E-state index in [2.05, 4.69) is 15.0 Å². The number of imidazole rings is 1. The van der Waals surface area contributed by atoms with Crippen LogP contribution in [-0.4, -0.2) is 24.4 Å². The fourth-order valence-electron chi connectivity index (χ4n) is 2.05. The molecule has 1 aromatic carbocycles. The van der Waals surface area contributed by atoms with Gasteiger partial charge >= 0.3 is 0 Å². The van der Waals surface area contributed by atoms with Gasteiger partial charge in [0.2, 0.25) is 0 Å². The van der Waals surface area contributed by atoms with Gasteiger partial charge in [-0.3, -0.25) is 10.1 Å². The zero-order valence-electron chi connectivity index (χ0n) is 10.8. The number of fused-ring (bicyclic) bond motifs is 1. The highest BCUT2D eigenvalue weighted by atomic mass is 35.5. The van der Waals surface area contributed by atoms with Gasteiger partial charge in [0.25, 0.3) is 5.69 Å². The lowest BCUT2D eigenvalue weighted by Gasteiger charge is -2.04. The molecule has 0 N–H and O–H groups in total. The minimum Gasteiger partial charge on any atom is -0.315 e. The number of hydrogen-bond acceptors (Lipinski definition) is 5. The average molecular weight is 304 g/mol. The Morgan fingerprint density at radius 1 is 1.19 bits per heavy atom. The first-order valence-electron chi connectivity index (χ1n) is 6.20. The van der Waals surface area contributed by atoms with Gasteiger partial charge in [-0.2, -0.15) is 0 Å². The van der Waals surface area contributed by atoms with Crippen LogP contribution in [0.15, 0.2) is 36.9 Å². The third-order valence-corrected chi connectivity index (χ3v) is 3.42. The second kappa shape index (κ2) is 5.45. The van der Waals surface area contributed by atoms with Crippen LogP contribution in [0.5, 0.6) is 0 Å². The van der Waals surface area contributed by atoms with E-state index in [4.69, 9.17) is 11.6 Å². The number of nitro benzene ring substituents is 1. The van der Waals surface area contributed by atoms with Crippen LogP contribution in [0.3, 0.4) is 0 Å². The Morgan fingerprint density at radius 3 is 2.67 bits per heavy atom. The molecule has 106 valence electrons. The molecule has 0 aliphatic rings. The normalized spacial score (nSPS) is 10.9. The molecule has 0 unspecified atom stereocenters. The monoisotopic (exact) mass is 303 g/mol. The molecule has 8 heteroatoms. The predicted octanol–water partition coefficient (Wildman–Crippen LogP) is 2.63. The molecular weight excluding hydrogens is 294 g/mol. The number of nitro groups is 1. The lowest BCUT2D eigenvalue weighted by atomic mass is 10.1. The Balaban J connectivity index is 1.77. The Morgan fingerprint density at radius 2 is 1.95 bits per heavy atom. The maximum atomic E-state index is 10.6. The van der Waals surface area contributed by atoms with E-state index in [1.165, 1.54) is 18.5 Å². The first kappa shape index (κ1) is 13.4. The van der Waals surface area contributed by atoms with E-state index in [0.717, 1.165) is 5.56 Å². The van der Waals surface area contributed by atoms with Crippen molar-refractivity contribution in [3.8, 4) is 0 Å². The summed E-state index contributed by atoms with van der Waals surface area (Å²) in [6.45, 7) is 0.654. The quantitative estimate of drug-likeness (QED) is 0.420. The molecule has 0 atom stereocenters. The third kappa shape index (κ3) is 2.68. The topological polar surface area (TPSA) is 86.7 Å². The van der Waals surface area contributed by atoms with Crippen molar-refractivity contribution in [2.24, 2.45) is 0 Å². The van der Waals surface area contributed by atoms with E-state index in [1.54, 1.807) is 18.5 Å².